The Balaban J connectivity index is 2.67. The summed E-state index contributed by atoms with van der Waals surface area (Å²) in [4.78, 5) is 21.6. The summed E-state index contributed by atoms with van der Waals surface area (Å²) in [7, 11) is 1.59. The predicted molar refractivity (Wildman–Crippen MR) is 72.9 cm³/mol. The largest absolute Gasteiger partial charge is 0.359 e. The number of rotatable bonds is 6. The third-order valence-corrected chi connectivity index (χ3v) is 3.01. The van der Waals surface area contributed by atoms with Gasteiger partial charge in [-0.15, -0.1) is 0 Å². The second-order valence-corrected chi connectivity index (χ2v) is 4.40. The van der Waals surface area contributed by atoms with Gasteiger partial charge in [0.2, 0.25) is 5.91 Å². The summed E-state index contributed by atoms with van der Waals surface area (Å²) in [5, 5.41) is 16.6. The van der Waals surface area contributed by atoms with Crippen molar-refractivity contribution in [2.45, 2.75) is 26.3 Å². The van der Waals surface area contributed by atoms with E-state index in [2.05, 4.69) is 10.6 Å². The van der Waals surface area contributed by atoms with Gasteiger partial charge in [0, 0.05) is 37.7 Å². The molecule has 1 aromatic rings. The topological polar surface area (TPSA) is 84.3 Å². The summed E-state index contributed by atoms with van der Waals surface area (Å²) in [5.41, 5.74) is 1.61. The second-order valence-electron chi connectivity index (χ2n) is 4.40. The molecule has 104 valence electrons. The van der Waals surface area contributed by atoms with Crippen LogP contribution in [0.25, 0.3) is 0 Å². The average Bonchev–Trinajstić information content (AvgIpc) is 2.38. The van der Waals surface area contributed by atoms with E-state index < -0.39 is 0 Å². The fourth-order valence-corrected chi connectivity index (χ4v) is 1.74. The zero-order chi connectivity index (χ0) is 14.4. The van der Waals surface area contributed by atoms with Gasteiger partial charge < -0.3 is 10.6 Å². The van der Waals surface area contributed by atoms with Crippen LogP contribution in [0.5, 0.6) is 0 Å². The summed E-state index contributed by atoms with van der Waals surface area (Å²) < 4.78 is 0. The Kier molecular flexibility index (Phi) is 5.44. The number of aryl methyl sites for hydroxylation is 1. The summed E-state index contributed by atoms with van der Waals surface area (Å²) in [5.74, 6) is -0.0328. The minimum Gasteiger partial charge on any atom is -0.359 e. The van der Waals surface area contributed by atoms with E-state index in [0.717, 1.165) is 5.56 Å². The van der Waals surface area contributed by atoms with Gasteiger partial charge in [0.15, 0.2) is 0 Å². The van der Waals surface area contributed by atoms with Crippen LogP contribution < -0.4 is 10.6 Å². The molecule has 1 amide bonds. The van der Waals surface area contributed by atoms with Crippen molar-refractivity contribution in [1.82, 2.24) is 10.6 Å². The van der Waals surface area contributed by atoms with Crippen molar-refractivity contribution in [1.29, 1.82) is 0 Å². The van der Waals surface area contributed by atoms with Gasteiger partial charge in [-0.05, 0) is 19.4 Å². The van der Waals surface area contributed by atoms with E-state index in [1.165, 1.54) is 0 Å². The molecule has 0 bridgehead atoms. The molecule has 0 radical (unpaired) electrons. The molecule has 6 nitrogen and oxygen atoms in total. The zero-order valence-electron chi connectivity index (χ0n) is 11.4. The Morgan fingerprint density at radius 1 is 1.47 bits per heavy atom. The standard InChI is InChI=1S/C13H19N3O3/c1-9-4-5-11(8-12(9)16(18)19)10(2)15-7-6-13(17)14-3/h4-5,8,10,15H,6-7H2,1-3H3,(H,14,17). The third kappa shape index (κ3) is 4.33. The fraction of sp³-hybridized carbons (Fsp3) is 0.462. The first-order valence-electron chi connectivity index (χ1n) is 6.14. The van der Waals surface area contributed by atoms with Gasteiger partial charge in [-0.3, -0.25) is 14.9 Å². The third-order valence-electron chi connectivity index (χ3n) is 3.01. The Hall–Kier alpha value is -1.95. The molecule has 0 fully saturated rings. The monoisotopic (exact) mass is 265 g/mol. The van der Waals surface area contributed by atoms with E-state index in [-0.39, 0.29) is 22.6 Å². The normalized spacial score (nSPS) is 11.9. The highest BCUT2D eigenvalue weighted by Crippen LogP contribution is 2.23. The van der Waals surface area contributed by atoms with E-state index in [1.807, 2.05) is 13.0 Å². The Morgan fingerprint density at radius 3 is 2.74 bits per heavy atom. The Labute approximate surface area is 112 Å². The number of nitrogens with one attached hydrogen (secondary N) is 2. The van der Waals surface area contributed by atoms with E-state index in [1.54, 1.807) is 26.1 Å². The number of hydrogen-bond donors (Lipinski definition) is 2. The van der Waals surface area contributed by atoms with Crippen LogP contribution in [0.1, 0.15) is 30.5 Å². The minimum atomic E-state index is -0.379. The van der Waals surface area contributed by atoms with Gasteiger partial charge in [-0.2, -0.15) is 0 Å². The molecule has 0 heterocycles. The Morgan fingerprint density at radius 2 is 2.16 bits per heavy atom. The number of hydrogen-bond acceptors (Lipinski definition) is 4. The smallest absolute Gasteiger partial charge is 0.272 e. The lowest BCUT2D eigenvalue weighted by molar-refractivity contribution is -0.385. The average molecular weight is 265 g/mol. The highest BCUT2D eigenvalue weighted by molar-refractivity contribution is 5.75. The van der Waals surface area contributed by atoms with Crippen molar-refractivity contribution in [3.05, 3.63) is 39.4 Å². The highest BCUT2D eigenvalue weighted by atomic mass is 16.6. The molecule has 2 N–H and O–H groups in total. The SMILES string of the molecule is CNC(=O)CCNC(C)c1ccc(C)c([N+](=O)[O-])c1. The molecule has 0 spiro atoms. The van der Waals surface area contributed by atoms with Gasteiger partial charge in [0.25, 0.3) is 5.69 Å². The van der Waals surface area contributed by atoms with E-state index in [4.69, 9.17) is 0 Å². The number of carbonyl (C=O) groups excluding carboxylic acids is 1. The number of carbonyl (C=O) groups is 1. The second kappa shape index (κ2) is 6.84. The van der Waals surface area contributed by atoms with Gasteiger partial charge in [0.1, 0.15) is 0 Å². The molecule has 0 aromatic heterocycles. The van der Waals surface area contributed by atoms with Gasteiger partial charge >= 0.3 is 0 Å². The highest BCUT2D eigenvalue weighted by Gasteiger charge is 2.14. The van der Waals surface area contributed by atoms with Crippen LogP contribution >= 0.6 is 0 Å². The summed E-state index contributed by atoms with van der Waals surface area (Å²) in [6, 6.07) is 5.14. The maximum absolute atomic E-state index is 11.1. The lowest BCUT2D eigenvalue weighted by atomic mass is 10.0. The molecule has 0 saturated heterocycles. The molecule has 1 rings (SSSR count). The van der Waals surface area contributed by atoms with E-state index in [9.17, 15) is 14.9 Å². The van der Waals surface area contributed by atoms with Crippen molar-refractivity contribution in [3.63, 3.8) is 0 Å². The minimum absolute atomic E-state index is 0.0328. The molecule has 0 aliphatic rings. The maximum Gasteiger partial charge on any atom is 0.272 e. The first-order chi connectivity index (χ1) is 8.95. The van der Waals surface area contributed by atoms with Crippen molar-refractivity contribution >= 4 is 11.6 Å². The van der Waals surface area contributed by atoms with Crippen LogP contribution in [-0.2, 0) is 4.79 Å². The van der Waals surface area contributed by atoms with E-state index >= 15 is 0 Å². The molecule has 0 saturated carbocycles. The summed E-state index contributed by atoms with van der Waals surface area (Å²) in [6.45, 7) is 4.16. The quantitative estimate of drug-likeness (QED) is 0.605. The molecule has 0 aliphatic carbocycles. The number of nitro benzene ring substituents is 1. The van der Waals surface area contributed by atoms with Crippen molar-refractivity contribution in [3.8, 4) is 0 Å². The van der Waals surface area contributed by atoms with Gasteiger partial charge in [-0.25, -0.2) is 0 Å². The zero-order valence-corrected chi connectivity index (χ0v) is 11.4. The molecule has 0 aliphatic heterocycles. The molecule has 1 unspecified atom stereocenters. The van der Waals surface area contributed by atoms with Gasteiger partial charge in [-0.1, -0.05) is 12.1 Å². The lowest BCUT2D eigenvalue weighted by Gasteiger charge is -2.14. The number of benzene rings is 1. The van der Waals surface area contributed by atoms with Crippen LogP contribution in [0.3, 0.4) is 0 Å². The van der Waals surface area contributed by atoms with Crippen LogP contribution in [0.2, 0.25) is 0 Å². The molecular formula is C13H19N3O3. The fourth-order valence-electron chi connectivity index (χ4n) is 1.74. The molecule has 1 atom stereocenters. The van der Waals surface area contributed by atoms with Crippen LogP contribution in [0.4, 0.5) is 5.69 Å². The Bertz CT molecular complexity index is 474. The molecular weight excluding hydrogens is 246 g/mol. The van der Waals surface area contributed by atoms with Crippen LogP contribution in [0.15, 0.2) is 18.2 Å². The van der Waals surface area contributed by atoms with Gasteiger partial charge in [0.05, 0.1) is 4.92 Å². The van der Waals surface area contributed by atoms with Crippen molar-refractivity contribution in [2.75, 3.05) is 13.6 Å². The first-order valence-corrected chi connectivity index (χ1v) is 6.14. The van der Waals surface area contributed by atoms with E-state index in [0.29, 0.717) is 18.5 Å². The first kappa shape index (κ1) is 15.1. The van der Waals surface area contributed by atoms with Crippen molar-refractivity contribution < 1.29 is 9.72 Å². The summed E-state index contributed by atoms with van der Waals surface area (Å²) >= 11 is 0. The van der Waals surface area contributed by atoms with Crippen molar-refractivity contribution in [2.24, 2.45) is 0 Å². The molecule has 19 heavy (non-hydrogen) atoms. The lowest BCUT2D eigenvalue weighted by Crippen LogP contribution is -2.26. The predicted octanol–water partition coefficient (Wildman–Crippen LogP) is 1.69. The van der Waals surface area contributed by atoms with Crippen LogP contribution in [0, 0.1) is 17.0 Å². The number of nitrogens with zero attached hydrogens (tertiary/aromatic N) is 1. The number of amides is 1. The number of nitro groups is 1. The maximum atomic E-state index is 11.1. The summed E-state index contributed by atoms with van der Waals surface area (Å²) in [6.07, 6.45) is 0.384. The molecule has 6 heteroatoms. The molecule has 1 aromatic carbocycles. The van der Waals surface area contributed by atoms with Crippen LogP contribution in [-0.4, -0.2) is 24.4 Å².